The smallest absolute Gasteiger partial charge is 0.269 e. The molecule has 3 aromatic rings. The second-order valence-electron chi connectivity index (χ2n) is 5.87. The SMILES string of the molecule is Cc1ccc(C(=O)NNc2ncnc(Nc3ccccc3C)c2N)cc1. The Morgan fingerprint density at radius 2 is 1.65 bits per heavy atom. The number of hydrogen-bond donors (Lipinski definition) is 4. The number of hydrazine groups is 1. The van der Waals surface area contributed by atoms with Gasteiger partial charge in [-0.1, -0.05) is 35.9 Å². The molecule has 0 aliphatic rings. The van der Waals surface area contributed by atoms with Gasteiger partial charge in [0.2, 0.25) is 0 Å². The predicted octanol–water partition coefficient (Wildman–Crippen LogP) is 3.18. The summed E-state index contributed by atoms with van der Waals surface area (Å²) in [4.78, 5) is 20.4. The standard InChI is InChI=1S/C19H20N6O/c1-12-7-9-14(10-8-12)19(26)25-24-18-16(20)17(21-11-22-18)23-15-6-4-3-5-13(15)2/h3-11H,20H2,1-2H3,(H,25,26)(H2,21,22,23,24). The first kappa shape index (κ1) is 17.2. The number of amides is 1. The fourth-order valence-electron chi connectivity index (χ4n) is 2.33. The van der Waals surface area contributed by atoms with Gasteiger partial charge in [-0.2, -0.15) is 0 Å². The summed E-state index contributed by atoms with van der Waals surface area (Å²) in [6.45, 7) is 3.95. The van der Waals surface area contributed by atoms with Gasteiger partial charge in [0.15, 0.2) is 11.6 Å². The number of aromatic nitrogens is 2. The van der Waals surface area contributed by atoms with Crippen LogP contribution in [-0.2, 0) is 0 Å². The molecule has 2 aromatic carbocycles. The summed E-state index contributed by atoms with van der Waals surface area (Å²) in [5.74, 6) is 0.495. The number of benzene rings is 2. The van der Waals surface area contributed by atoms with Crippen LogP contribution in [0.2, 0.25) is 0 Å². The number of hydrogen-bond acceptors (Lipinski definition) is 6. The first-order valence-corrected chi connectivity index (χ1v) is 8.11. The third-order valence-electron chi connectivity index (χ3n) is 3.89. The Bertz CT molecular complexity index is 924. The third-order valence-corrected chi connectivity index (χ3v) is 3.89. The van der Waals surface area contributed by atoms with Crippen LogP contribution >= 0.6 is 0 Å². The van der Waals surface area contributed by atoms with E-state index in [2.05, 4.69) is 26.1 Å². The maximum absolute atomic E-state index is 12.2. The lowest BCUT2D eigenvalue weighted by Crippen LogP contribution is -2.30. The number of para-hydroxylation sites is 1. The first-order valence-electron chi connectivity index (χ1n) is 8.11. The molecule has 5 N–H and O–H groups in total. The van der Waals surface area contributed by atoms with Crippen molar-refractivity contribution in [1.29, 1.82) is 0 Å². The normalized spacial score (nSPS) is 10.2. The van der Waals surface area contributed by atoms with Crippen molar-refractivity contribution in [3.05, 3.63) is 71.5 Å². The van der Waals surface area contributed by atoms with Gasteiger partial charge < -0.3 is 11.1 Å². The number of rotatable bonds is 5. The molecule has 3 rings (SSSR count). The molecule has 1 aromatic heterocycles. The molecular formula is C19H20N6O. The topological polar surface area (TPSA) is 105 Å². The second kappa shape index (κ2) is 7.52. The molecule has 0 saturated heterocycles. The van der Waals surface area contributed by atoms with Crippen LogP contribution in [0.3, 0.4) is 0 Å². The van der Waals surface area contributed by atoms with E-state index in [1.165, 1.54) is 6.33 Å². The highest BCUT2D eigenvalue weighted by molar-refractivity contribution is 5.95. The van der Waals surface area contributed by atoms with Crippen molar-refractivity contribution in [2.24, 2.45) is 0 Å². The van der Waals surface area contributed by atoms with Crippen LogP contribution in [0.1, 0.15) is 21.5 Å². The van der Waals surface area contributed by atoms with Gasteiger partial charge in [-0.3, -0.25) is 15.6 Å². The van der Waals surface area contributed by atoms with Crippen LogP contribution in [0, 0.1) is 13.8 Å². The van der Waals surface area contributed by atoms with E-state index in [4.69, 9.17) is 5.73 Å². The summed E-state index contributed by atoms with van der Waals surface area (Å²) in [5.41, 5.74) is 15.4. The molecule has 0 saturated carbocycles. The van der Waals surface area contributed by atoms with Crippen LogP contribution < -0.4 is 21.9 Å². The minimum atomic E-state index is -0.281. The van der Waals surface area contributed by atoms with Crippen molar-refractivity contribution in [3.63, 3.8) is 0 Å². The van der Waals surface area contributed by atoms with Gasteiger partial charge >= 0.3 is 0 Å². The first-order chi connectivity index (χ1) is 12.5. The number of carbonyl (C=O) groups is 1. The number of nitrogens with zero attached hydrogens (tertiary/aromatic N) is 2. The molecule has 0 aliphatic heterocycles. The van der Waals surface area contributed by atoms with Crippen LogP contribution in [-0.4, -0.2) is 15.9 Å². The number of aryl methyl sites for hydroxylation is 2. The second-order valence-corrected chi connectivity index (χ2v) is 5.87. The van der Waals surface area contributed by atoms with E-state index in [1.54, 1.807) is 12.1 Å². The number of nitrogens with one attached hydrogen (secondary N) is 3. The summed E-state index contributed by atoms with van der Waals surface area (Å²) < 4.78 is 0. The van der Waals surface area contributed by atoms with Gasteiger partial charge in [0.1, 0.15) is 12.0 Å². The molecule has 26 heavy (non-hydrogen) atoms. The maximum atomic E-state index is 12.2. The molecular weight excluding hydrogens is 328 g/mol. The quantitative estimate of drug-likeness (QED) is 0.528. The van der Waals surface area contributed by atoms with Crippen molar-refractivity contribution < 1.29 is 4.79 Å². The summed E-state index contributed by atoms with van der Waals surface area (Å²) in [6, 6.07) is 15.0. The van der Waals surface area contributed by atoms with Crippen LogP contribution in [0.25, 0.3) is 0 Å². The Kier molecular flexibility index (Phi) is 4.98. The molecule has 7 heteroatoms. The van der Waals surface area contributed by atoms with Crippen molar-refractivity contribution in [2.75, 3.05) is 16.5 Å². The van der Waals surface area contributed by atoms with Gasteiger partial charge in [0, 0.05) is 11.3 Å². The number of nitrogen functional groups attached to an aromatic ring is 1. The van der Waals surface area contributed by atoms with E-state index in [-0.39, 0.29) is 5.91 Å². The van der Waals surface area contributed by atoms with Crippen molar-refractivity contribution in [1.82, 2.24) is 15.4 Å². The fraction of sp³-hybridized carbons (Fsp3) is 0.105. The minimum absolute atomic E-state index is 0.281. The number of carbonyl (C=O) groups excluding carboxylic acids is 1. The zero-order valence-corrected chi connectivity index (χ0v) is 14.6. The van der Waals surface area contributed by atoms with Crippen molar-refractivity contribution in [3.8, 4) is 0 Å². The molecule has 0 spiro atoms. The highest BCUT2D eigenvalue weighted by Gasteiger charge is 2.11. The van der Waals surface area contributed by atoms with E-state index in [0.29, 0.717) is 22.9 Å². The Morgan fingerprint density at radius 3 is 2.38 bits per heavy atom. The molecule has 1 amide bonds. The molecule has 0 unspecified atom stereocenters. The van der Waals surface area contributed by atoms with E-state index >= 15 is 0 Å². The Morgan fingerprint density at radius 1 is 0.962 bits per heavy atom. The summed E-state index contributed by atoms with van der Waals surface area (Å²) in [6.07, 6.45) is 1.37. The maximum Gasteiger partial charge on any atom is 0.269 e. The summed E-state index contributed by atoms with van der Waals surface area (Å²) in [5, 5.41) is 3.18. The summed E-state index contributed by atoms with van der Waals surface area (Å²) in [7, 11) is 0. The molecule has 1 heterocycles. The van der Waals surface area contributed by atoms with Gasteiger partial charge in [-0.15, -0.1) is 0 Å². The molecule has 0 bridgehead atoms. The van der Waals surface area contributed by atoms with Gasteiger partial charge in [0.25, 0.3) is 5.91 Å². The van der Waals surface area contributed by atoms with Crippen LogP contribution in [0.4, 0.5) is 23.0 Å². The van der Waals surface area contributed by atoms with E-state index < -0.39 is 0 Å². The zero-order chi connectivity index (χ0) is 18.5. The average Bonchev–Trinajstić information content (AvgIpc) is 2.64. The van der Waals surface area contributed by atoms with Gasteiger partial charge in [0.05, 0.1) is 0 Å². The van der Waals surface area contributed by atoms with Crippen LogP contribution in [0.15, 0.2) is 54.9 Å². The summed E-state index contributed by atoms with van der Waals surface area (Å²) >= 11 is 0. The van der Waals surface area contributed by atoms with Crippen molar-refractivity contribution in [2.45, 2.75) is 13.8 Å². The van der Waals surface area contributed by atoms with E-state index in [0.717, 1.165) is 16.8 Å². The molecule has 0 atom stereocenters. The van der Waals surface area contributed by atoms with Gasteiger partial charge in [-0.05, 0) is 37.6 Å². The molecule has 0 fully saturated rings. The monoisotopic (exact) mass is 348 g/mol. The Labute approximate surface area is 151 Å². The lowest BCUT2D eigenvalue weighted by molar-refractivity contribution is 0.0962. The molecule has 132 valence electrons. The van der Waals surface area contributed by atoms with E-state index in [1.807, 2.05) is 50.2 Å². The lowest BCUT2D eigenvalue weighted by Gasteiger charge is -2.14. The number of anilines is 4. The molecule has 7 nitrogen and oxygen atoms in total. The highest BCUT2D eigenvalue weighted by Crippen LogP contribution is 2.26. The van der Waals surface area contributed by atoms with Crippen molar-refractivity contribution >= 4 is 28.9 Å². The number of nitrogens with two attached hydrogens (primary N) is 1. The fourth-order valence-corrected chi connectivity index (χ4v) is 2.33. The third kappa shape index (κ3) is 3.89. The molecule has 0 radical (unpaired) electrons. The minimum Gasteiger partial charge on any atom is -0.393 e. The van der Waals surface area contributed by atoms with Gasteiger partial charge in [-0.25, -0.2) is 9.97 Å². The van der Waals surface area contributed by atoms with E-state index in [9.17, 15) is 4.79 Å². The average molecular weight is 348 g/mol. The van der Waals surface area contributed by atoms with Crippen LogP contribution in [0.5, 0.6) is 0 Å². The lowest BCUT2D eigenvalue weighted by atomic mass is 10.1. The Hall–Kier alpha value is -3.61. The highest BCUT2D eigenvalue weighted by atomic mass is 16.2. The zero-order valence-electron chi connectivity index (χ0n) is 14.6. The largest absolute Gasteiger partial charge is 0.393 e. The predicted molar refractivity (Wildman–Crippen MR) is 103 cm³/mol. The Balaban J connectivity index is 1.72. The molecule has 0 aliphatic carbocycles.